The van der Waals surface area contributed by atoms with Gasteiger partial charge in [0.05, 0.1) is 23.7 Å². The highest BCUT2D eigenvalue weighted by molar-refractivity contribution is 7.56. The van der Waals surface area contributed by atoms with Crippen LogP contribution in [0.3, 0.4) is 0 Å². The molecule has 0 spiro atoms. The molecule has 0 amide bonds. The molecule has 0 unspecified atom stereocenters. The molecule has 3 rings (SSSR count). The molecule has 0 radical (unpaired) electrons. The zero-order valence-corrected chi connectivity index (χ0v) is 13.2. The Balaban J connectivity index is 2.31. The molecule has 2 aromatic carbocycles. The Labute approximate surface area is 133 Å². The molecule has 0 bridgehead atoms. The molecule has 0 N–H and O–H groups in total. The molecule has 0 saturated carbocycles. The van der Waals surface area contributed by atoms with Crippen LogP contribution in [0, 0.1) is 0 Å². The summed E-state index contributed by atoms with van der Waals surface area (Å²) in [5.74, 6) is 0. The van der Waals surface area contributed by atoms with Crippen LogP contribution in [0.15, 0.2) is 48.5 Å². The largest absolute Gasteiger partial charge is 0.374 e. The van der Waals surface area contributed by atoms with Crippen LogP contribution in [0.4, 0.5) is 0 Å². The molecule has 21 heavy (non-hydrogen) atoms. The quantitative estimate of drug-likeness (QED) is 0.663. The van der Waals surface area contributed by atoms with E-state index in [2.05, 4.69) is 8.15 Å². The third-order valence-corrected chi connectivity index (χ3v) is 6.26. The maximum atomic E-state index is 12.8. The van der Waals surface area contributed by atoms with E-state index in [0.29, 0.717) is 0 Å². The van der Waals surface area contributed by atoms with Crippen LogP contribution in [0.2, 0.25) is 0 Å². The molecule has 0 saturated heterocycles. The van der Waals surface area contributed by atoms with E-state index >= 15 is 0 Å². The van der Waals surface area contributed by atoms with Crippen molar-refractivity contribution in [3.63, 3.8) is 0 Å². The molecule has 0 aliphatic heterocycles. The molecule has 1 aliphatic carbocycles. The fourth-order valence-electron chi connectivity index (χ4n) is 2.60. The number of fused-ring (bicyclic) bond motifs is 2. The SMILES string of the molecule is O=P(OCl)(OCl)C1c2ccccc2C=Cc2ccccc21. The summed E-state index contributed by atoms with van der Waals surface area (Å²) in [4.78, 5) is 0. The Morgan fingerprint density at radius 1 is 0.810 bits per heavy atom. The molecule has 108 valence electrons. The smallest absolute Gasteiger partial charge is 0.256 e. The zero-order chi connectivity index (χ0) is 14.9. The zero-order valence-electron chi connectivity index (χ0n) is 10.8. The average Bonchev–Trinajstić information content (AvgIpc) is 2.71. The van der Waals surface area contributed by atoms with Crippen LogP contribution in [0.1, 0.15) is 27.9 Å². The maximum absolute atomic E-state index is 12.8. The minimum Gasteiger partial charge on any atom is -0.256 e. The van der Waals surface area contributed by atoms with Gasteiger partial charge >= 0.3 is 7.60 Å². The first-order valence-corrected chi connectivity index (χ1v) is 8.49. The molecule has 0 atom stereocenters. The monoisotopic (exact) mass is 340 g/mol. The third-order valence-electron chi connectivity index (χ3n) is 3.53. The number of benzene rings is 2. The van der Waals surface area contributed by atoms with Gasteiger partial charge < -0.3 is 0 Å². The van der Waals surface area contributed by atoms with Gasteiger partial charge in [0.25, 0.3) is 0 Å². The highest BCUT2D eigenvalue weighted by atomic mass is 35.5. The van der Waals surface area contributed by atoms with E-state index in [-0.39, 0.29) is 0 Å². The summed E-state index contributed by atoms with van der Waals surface area (Å²) in [5.41, 5.74) is 2.74. The third kappa shape index (κ3) is 2.57. The second-order valence-corrected chi connectivity index (χ2v) is 7.37. The Hall–Kier alpha value is -1.09. The number of hydrogen-bond acceptors (Lipinski definition) is 3. The summed E-state index contributed by atoms with van der Waals surface area (Å²) in [7, 11) is -3.76. The molecule has 0 heterocycles. The van der Waals surface area contributed by atoms with Crippen LogP contribution in [-0.2, 0) is 12.7 Å². The van der Waals surface area contributed by atoms with Gasteiger partial charge in [-0.2, -0.15) is 8.15 Å². The van der Waals surface area contributed by atoms with Crippen molar-refractivity contribution in [2.24, 2.45) is 0 Å². The van der Waals surface area contributed by atoms with E-state index in [1.807, 2.05) is 60.7 Å². The van der Waals surface area contributed by atoms with Crippen molar-refractivity contribution in [3.05, 3.63) is 70.8 Å². The average molecular weight is 341 g/mol. The lowest BCUT2D eigenvalue weighted by Gasteiger charge is -2.24. The van der Waals surface area contributed by atoms with E-state index in [9.17, 15) is 4.57 Å². The predicted octanol–water partition coefficient (Wildman–Crippen LogP) is 5.79. The predicted molar refractivity (Wildman–Crippen MR) is 85.1 cm³/mol. The lowest BCUT2D eigenvalue weighted by atomic mass is 9.99. The Bertz CT molecular complexity index is 688. The number of halogens is 2. The lowest BCUT2D eigenvalue weighted by molar-refractivity contribution is 0.407. The summed E-state index contributed by atoms with van der Waals surface area (Å²) < 4.78 is 22.1. The second kappa shape index (κ2) is 5.96. The summed E-state index contributed by atoms with van der Waals surface area (Å²) in [6.45, 7) is 0. The Morgan fingerprint density at radius 3 is 1.67 bits per heavy atom. The first-order chi connectivity index (χ1) is 10.2. The fourth-order valence-corrected chi connectivity index (χ4v) is 4.67. The Morgan fingerprint density at radius 2 is 1.24 bits per heavy atom. The summed E-state index contributed by atoms with van der Waals surface area (Å²) in [6.07, 6.45) is 3.92. The van der Waals surface area contributed by atoms with Gasteiger partial charge in [-0.15, -0.1) is 0 Å². The highest BCUT2D eigenvalue weighted by Crippen LogP contribution is 2.66. The first-order valence-electron chi connectivity index (χ1n) is 6.26. The summed E-state index contributed by atoms with van der Waals surface area (Å²) >= 11 is 10.9. The lowest BCUT2D eigenvalue weighted by Crippen LogP contribution is -2.05. The van der Waals surface area contributed by atoms with E-state index in [0.717, 1.165) is 22.3 Å². The van der Waals surface area contributed by atoms with E-state index in [1.165, 1.54) is 0 Å². The molecule has 3 nitrogen and oxygen atoms in total. The van der Waals surface area contributed by atoms with Crippen molar-refractivity contribution < 1.29 is 12.7 Å². The van der Waals surface area contributed by atoms with Gasteiger partial charge in [-0.3, -0.25) is 4.57 Å². The first kappa shape index (κ1) is 14.8. The van der Waals surface area contributed by atoms with E-state index < -0.39 is 13.3 Å². The minimum absolute atomic E-state index is 0.685. The standard InChI is InChI=1S/C15H11Cl2O3P/c16-19-21(18,20-17)15-13-7-3-1-5-11(13)9-10-12-6-2-4-8-14(12)15/h1-10,15H. The molecule has 0 aromatic heterocycles. The van der Waals surface area contributed by atoms with Crippen LogP contribution in [0.25, 0.3) is 12.2 Å². The highest BCUT2D eigenvalue weighted by Gasteiger charge is 2.41. The molecule has 2 aromatic rings. The van der Waals surface area contributed by atoms with Gasteiger partial charge in [-0.05, 0) is 22.3 Å². The van der Waals surface area contributed by atoms with Gasteiger partial charge in [-0.25, -0.2) is 0 Å². The van der Waals surface area contributed by atoms with Gasteiger partial charge in [0.15, 0.2) is 0 Å². The Kier molecular flexibility index (Phi) is 4.21. The van der Waals surface area contributed by atoms with Crippen molar-refractivity contribution in [1.29, 1.82) is 0 Å². The minimum atomic E-state index is -3.76. The topological polar surface area (TPSA) is 35.5 Å². The molecule has 6 heteroatoms. The van der Waals surface area contributed by atoms with Crippen molar-refractivity contribution in [2.75, 3.05) is 0 Å². The normalized spacial score (nSPS) is 14.4. The maximum Gasteiger partial charge on any atom is 0.374 e. The second-order valence-electron chi connectivity index (χ2n) is 4.67. The summed E-state index contributed by atoms with van der Waals surface area (Å²) in [5, 5.41) is 0. The molecule has 1 aliphatic rings. The summed E-state index contributed by atoms with van der Waals surface area (Å²) in [6, 6.07) is 15.1. The van der Waals surface area contributed by atoms with E-state index in [4.69, 9.17) is 23.7 Å². The number of rotatable bonds is 3. The van der Waals surface area contributed by atoms with Crippen molar-refractivity contribution in [3.8, 4) is 0 Å². The molecular weight excluding hydrogens is 330 g/mol. The van der Waals surface area contributed by atoms with Crippen molar-refractivity contribution >= 4 is 43.5 Å². The van der Waals surface area contributed by atoms with Crippen LogP contribution in [-0.4, -0.2) is 0 Å². The molecule has 0 fully saturated rings. The van der Waals surface area contributed by atoms with Gasteiger partial charge in [-0.1, -0.05) is 60.7 Å². The van der Waals surface area contributed by atoms with Gasteiger partial charge in [0, 0.05) is 0 Å². The fraction of sp³-hybridized carbons (Fsp3) is 0.0667. The van der Waals surface area contributed by atoms with Crippen molar-refractivity contribution in [2.45, 2.75) is 5.66 Å². The van der Waals surface area contributed by atoms with E-state index in [1.54, 1.807) is 0 Å². The van der Waals surface area contributed by atoms with Gasteiger partial charge in [0.1, 0.15) is 5.66 Å². The van der Waals surface area contributed by atoms with Gasteiger partial charge in [0.2, 0.25) is 0 Å². The van der Waals surface area contributed by atoms with Crippen molar-refractivity contribution in [1.82, 2.24) is 0 Å². The van der Waals surface area contributed by atoms with Crippen LogP contribution in [0.5, 0.6) is 0 Å². The van der Waals surface area contributed by atoms with Crippen LogP contribution < -0.4 is 0 Å². The number of hydrogen-bond donors (Lipinski definition) is 0. The molecular formula is C15H11Cl2O3P. The van der Waals surface area contributed by atoms with Crippen LogP contribution >= 0.6 is 31.3 Å².